The number of piperidine rings is 1. The van der Waals surface area contributed by atoms with Crippen molar-refractivity contribution in [3.8, 4) is 5.75 Å². The molecule has 0 N–H and O–H groups in total. The van der Waals surface area contributed by atoms with Crippen molar-refractivity contribution in [3.63, 3.8) is 0 Å². The van der Waals surface area contributed by atoms with Crippen molar-refractivity contribution in [1.29, 1.82) is 0 Å². The van der Waals surface area contributed by atoms with E-state index in [1.165, 1.54) is 22.3 Å². The average Bonchev–Trinajstić information content (AvgIpc) is 2.73. The molecule has 1 aromatic carbocycles. The van der Waals surface area contributed by atoms with Gasteiger partial charge in [0.15, 0.2) is 5.78 Å². The van der Waals surface area contributed by atoms with Gasteiger partial charge in [0.2, 0.25) is 10.0 Å². The highest BCUT2D eigenvalue weighted by atomic mass is 32.2. The number of methoxy groups -OCH3 is 1. The molecular formula is C19H22N2O4S2. The molecular weight excluding hydrogens is 384 g/mol. The van der Waals surface area contributed by atoms with E-state index in [9.17, 15) is 13.2 Å². The molecule has 0 aliphatic carbocycles. The van der Waals surface area contributed by atoms with Crippen LogP contribution in [0.25, 0.3) is 0 Å². The number of hydrogen-bond acceptors (Lipinski definition) is 6. The second kappa shape index (κ2) is 8.86. The summed E-state index contributed by atoms with van der Waals surface area (Å²) in [5.74, 6) is 0.915. The van der Waals surface area contributed by atoms with E-state index >= 15 is 0 Å². The number of sulfonamides is 1. The van der Waals surface area contributed by atoms with Gasteiger partial charge in [-0.3, -0.25) is 4.79 Å². The first-order chi connectivity index (χ1) is 13.0. The number of ether oxygens (including phenoxy) is 1. The number of hydrogen-bond donors (Lipinski definition) is 0. The monoisotopic (exact) mass is 406 g/mol. The second-order valence-corrected chi connectivity index (χ2v) is 9.17. The molecule has 0 atom stereocenters. The lowest BCUT2D eigenvalue weighted by molar-refractivity contribution is 0.102. The minimum atomic E-state index is -3.48. The normalized spacial score (nSPS) is 15.4. The van der Waals surface area contributed by atoms with Crippen LogP contribution in [0.15, 0.2) is 52.5 Å². The van der Waals surface area contributed by atoms with Gasteiger partial charge in [0, 0.05) is 24.8 Å². The van der Waals surface area contributed by atoms with Gasteiger partial charge in [0.05, 0.1) is 17.9 Å². The van der Waals surface area contributed by atoms with Crippen molar-refractivity contribution in [2.24, 2.45) is 0 Å². The zero-order valence-electron chi connectivity index (χ0n) is 15.1. The van der Waals surface area contributed by atoms with Gasteiger partial charge in [-0.05, 0) is 49.2 Å². The molecule has 0 spiro atoms. The average molecular weight is 407 g/mol. The topological polar surface area (TPSA) is 76.6 Å². The smallest absolute Gasteiger partial charge is 0.244 e. The maximum atomic E-state index is 12.6. The number of ketones is 1. The van der Waals surface area contributed by atoms with E-state index in [0.29, 0.717) is 29.4 Å². The molecule has 27 heavy (non-hydrogen) atoms. The Morgan fingerprint density at radius 2 is 1.81 bits per heavy atom. The second-order valence-electron chi connectivity index (χ2n) is 6.24. The molecule has 0 amide bonds. The summed E-state index contributed by atoms with van der Waals surface area (Å²) in [6, 6.07) is 10.2. The standard InChI is InChI=1S/C19H22N2O4S2/c1-25-16-7-5-15(6-8-16)18(22)14-26-19-10-9-17(13-20-19)27(23,24)21-11-3-2-4-12-21/h5-10,13H,2-4,11-12,14H2,1H3. The van der Waals surface area contributed by atoms with Crippen molar-refractivity contribution in [1.82, 2.24) is 9.29 Å². The fourth-order valence-electron chi connectivity index (χ4n) is 2.86. The van der Waals surface area contributed by atoms with E-state index < -0.39 is 10.0 Å². The van der Waals surface area contributed by atoms with Gasteiger partial charge in [-0.1, -0.05) is 18.2 Å². The molecule has 3 rings (SSSR count). The first-order valence-electron chi connectivity index (χ1n) is 8.77. The van der Waals surface area contributed by atoms with Gasteiger partial charge >= 0.3 is 0 Å². The van der Waals surface area contributed by atoms with Crippen LogP contribution in [0.1, 0.15) is 29.6 Å². The number of nitrogens with zero attached hydrogens (tertiary/aromatic N) is 2. The summed E-state index contributed by atoms with van der Waals surface area (Å²) < 4.78 is 31.8. The highest BCUT2D eigenvalue weighted by molar-refractivity contribution is 7.99. The molecule has 1 aliphatic heterocycles. The van der Waals surface area contributed by atoms with Gasteiger partial charge in [-0.2, -0.15) is 4.31 Å². The van der Waals surface area contributed by atoms with Crippen LogP contribution in [0.2, 0.25) is 0 Å². The summed E-state index contributed by atoms with van der Waals surface area (Å²) >= 11 is 1.29. The Bertz CT molecular complexity index is 875. The van der Waals surface area contributed by atoms with E-state index in [1.54, 1.807) is 43.5 Å². The molecule has 2 heterocycles. The third-order valence-corrected chi connectivity index (χ3v) is 7.25. The van der Waals surface area contributed by atoms with Crippen molar-refractivity contribution in [3.05, 3.63) is 48.2 Å². The van der Waals surface area contributed by atoms with Crippen LogP contribution < -0.4 is 4.74 Å². The summed E-state index contributed by atoms with van der Waals surface area (Å²) in [6.45, 7) is 1.13. The van der Waals surface area contributed by atoms with Gasteiger partial charge in [0.1, 0.15) is 10.6 Å². The van der Waals surface area contributed by atoms with Crippen molar-refractivity contribution >= 4 is 27.6 Å². The van der Waals surface area contributed by atoms with Gasteiger partial charge < -0.3 is 4.74 Å². The third kappa shape index (κ3) is 4.88. The molecule has 2 aromatic rings. The number of pyridine rings is 1. The number of carbonyl (C=O) groups excluding carboxylic acids is 1. The maximum absolute atomic E-state index is 12.6. The molecule has 8 heteroatoms. The van der Waals surface area contributed by atoms with Crippen LogP contribution in [0.3, 0.4) is 0 Å². The van der Waals surface area contributed by atoms with Crippen LogP contribution >= 0.6 is 11.8 Å². The predicted molar refractivity (Wildman–Crippen MR) is 105 cm³/mol. The molecule has 0 radical (unpaired) electrons. The van der Waals surface area contributed by atoms with Crippen LogP contribution in [-0.4, -0.2) is 49.4 Å². The number of aromatic nitrogens is 1. The molecule has 1 fully saturated rings. The predicted octanol–water partition coefficient (Wildman–Crippen LogP) is 3.24. The summed E-state index contributed by atoms with van der Waals surface area (Å²) in [7, 11) is -1.90. The lowest BCUT2D eigenvalue weighted by atomic mass is 10.1. The van der Waals surface area contributed by atoms with E-state index in [-0.39, 0.29) is 16.4 Å². The summed E-state index contributed by atoms with van der Waals surface area (Å²) in [6.07, 6.45) is 4.24. The Balaban J connectivity index is 1.61. The van der Waals surface area contributed by atoms with Gasteiger partial charge in [0.25, 0.3) is 0 Å². The Morgan fingerprint density at radius 3 is 2.41 bits per heavy atom. The number of rotatable bonds is 7. The van der Waals surface area contributed by atoms with Crippen LogP contribution in [0, 0.1) is 0 Å². The fraction of sp³-hybridized carbons (Fsp3) is 0.368. The Kier molecular flexibility index (Phi) is 6.51. The van der Waals surface area contributed by atoms with Crippen LogP contribution in [0.5, 0.6) is 5.75 Å². The van der Waals surface area contributed by atoms with E-state index in [2.05, 4.69) is 4.98 Å². The van der Waals surface area contributed by atoms with Gasteiger partial charge in [-0.15, -0.1) is 0 Å². The largest absolute Gasteiger partial charge is 0.497 e. The summed E-state index contributed by atoms with van der Waals surface area (Å²) in [5, 5.41) is 0.620. The number of benzene rings is 1. The Labute approximate surface area is 164 Å². The highest BCUT2D eigenvalue weighted by Crippen LogP contribution is 2.23. The van der Waals surface area contributed by atoms with Gasteiger partial charge in [-0.25, -0.2) is 13.4 Å². The van der Waals surface area contributed by atoms with Crippen molar-refractivity contribution < 1.29 is 17.9 Å². The molecule has 0 saturated carbocycles. The van der Waals surface area contributed by atoms with Crippen LogP contribution in [0.4, 0.5) is 0 Å². The third-order valence-electron chi connectivity index (χ3n) is 4.43. The Hall–Kier alpha value is -1.90. The lowest BCUT2D eigenvalue weighted by Crippen LogP contribution is -2.35. The zero-order valence-corrected chi connectivity index (χ0v) is 16.8. The molecule has 0 unspecified atom stereocenters. The number of carbonyl (C=O) groups is 1. The quantitative estimate of drug-likeness (QED) is 0.519. The minimum absolute atomic E-state index is 0.0190. The summed E-state index contributed by atoms with van der Waals surface area (Å²) in [4.78, 5) is 16.7. The maximum Gasteiger partial charge on any atom is 0.244 e. The molecule has 1 aromatic heterocycles. The molecule has 144 valence electrons. The van der Waals surface area contributed by atoms with E-state index in [1.807, 2.05) is 0 Å². The lowest BCUT2D eigenvalue weighted by Gasteiger charge is -2.25. The van der Waals surface area contributed by atoms with E-state index in [0.717, 1.165) is 19.3 Å². The van der Waals surface area contributed by atoms with E-state index in [4.69, 9.17) is 4.74 Å². The zero-order chi connectivity index (χ0) is 19.3. The first kappa shape index (κ1) is 19.9. The highest BCUT2D eigenvalue weighted by Gasteiger charge is 2.26. The number of thioether (sulfide) groups is 1. The summed E-state index contributed by atoms with van der Waals surface area (Å²) in [5.41, 5.74) is 0.604. The van der Waals surface area contributed by atoms with Crippen molar-refractivity contribution in [2.45, 2.75) is 29.2 Å². The molecule has 1 saturated heterocycles. The van der Waals surface area contributed by atoms with Crippen LogP contribution in [-0.2, 0) is 10.0 Å². The number of Topliss-reactive ketones (excluding diaryl/α,β-unsaturated/α-hetero) is 1. The van der Waals surface area contributed by atoms with Crippen molar-refractivity contribution in [2.75, 3.05) is 26.0 Å². The SMILES string of the molecule is COc1ccc(C(=O)CSc2ccc(S(=O)(=O)N3CCCCC3)cn2)cc1. The molecule has 0 bridgehead atoms. The molecule has 6 nitrogen and oxygen atoms in total. The molecule has 1 aliphatic rings. The fourth-order valence-corrected chi connectivity index (χ4v) is 5.06. The minimum Gasteiger partial charge on any atom is -0.497 e. The Morgan fingerprint density at radius 1 is 1.11 bits per heavy atom. The first-order valence-corrected chi connectivity index (χ1v) is 11.2.